The first kappa shape index (κ1) is 14.5. The van der Waals surface area contributed by atoms with Gasteiger partial charge in [-0.1, -0.05) is 32.6 Å². The second-order valence-electron chi connectivity index (χ2n) is 4.85. The van der Waals surface area contributed by atoms with Crippen molar-refractivity contribution in [3.8, 4) is 0 Å². The smallest absolute Gasteiger partial charge is 0.254 e. The lowest BCUT2D eigenvalue weighted by molar-refractivity contribution is 0.100. The zero-order chi connectivity index (χ0) is 13.7. The summed E-state index contributed by atoms with van der Waals surface area (Å²) in [6.45, 7) is 6.02. The minimum absolute atomic E-state index is 0.202. The molecule has 0 saturated carbocycles. The van der Waals surface area contributed by atoms with Crippen LogP contribution in [0.2, 0.25) is 0 Å². The maximum atomic E-state index is 11.3. The molecule has 0 aliphatic heterocycles. The summed E-state index contributed by atoms with van der Waals surface area (Å²) >= 11 is 0. The van der Waals surface area contributed by atoms with Crippen molar-refractivity contribution in [2.24, 2.45) is 5.73 Å². The highest BCUT2D eigenvalue weighted by atomic mass is 16.1. The van der Waals surface area contributed by atoms with Crippen LogP contribution in [-0.4, -0.2) is 15.7 Å². The lowest BCUT2D eigenvalue weighted by atomic mass is 10.1. The Balaban J connectivity index is 2.71. The molecule has 0 aliphatic rings. The zero-order valence-electron chi connectivity index (χ0n) is 11.6. The maximum Gasteiger partial charge on any atom is 0.254 e. The van der Waals surface area contributed by atoms with Crippen molar-refractivity contribution in [3.05, 3.63) is 11.3 Å². The molecular weight excluding hydrogens is 228 g/mol. The molecule has 5 heteroatoms. The van der Waals surface area contributed by atoms with Crippen LogP contribution in [0.4, 0.5) is 5.82 Å². The highest BCUT2D eigenvalue weighted by Crippen LogP contribution is 2.23. The molecule has 1 heterocycles. The predicted octanol–water partition coefficient (Wildman–Crippen LogP) is 2.40. The van der Waals surface area contributed by atoms with E-state index in [1.807, 2.05) is 0 Å². The van der Waals surface area contributed by atoms with Crippen molar-refractivity contribution >= 4 is 11.7 Å². The minimum atomic E-state index is -0.505. The van der Waals surface area contributed by atoms with Gasteiger partial charge in [-0.3, -0.25) is 4.79 Å². The number of carbonyl (C=O) groups excluding carboxylic acids is 1. The van der Waals surface area contributed by atoms with Crippen LogP contribution >= 0.6 is 0 Å². The van der Waals surface area contributed by atoms with Crippen molar-refractivity contribution in [3.63, 3.8) is 0 Å². The maximum absolute atomic E-state index is 11.3. The molecule has 0 saturated heterocycles. The van der Waals surface area contributed by atoms with Crippen molar-refractivity contribution < 1.29 is 4.79 Å². The molecule has 0 bridgehead atoms. The first-order valence-corrected chi connectivity index (χ1v) is 6.63. The van der Waals surface area contributed by atoms with Gasteiger partial charge in [0.15, 0.2) is 0 Å². The normalized spacial score (nSPS) is 12.6. The number of primary amides is 1. The van der Waals surface area contributed by atoms with Crippen LogP contribution in [0, 0.1) is 6.92 Å². The number of hydrogen-bond acceptors (Lipinski definition) is 3. The van der Waals surface area contributed by atoms with Gasteiger partial charge in [-0.15, -0.1) is 0 Å². The van der Waals surface area contributed by atoms with Crippen molar-refractivity contribution in [2.75, 3.05) is 5.73 Å². The second kappa shape index (κ2) is 6.42. The Labute approximate surface area is 109 Å². The molecule has 5 nitrogen and oxygen atoms in total. The van der Waals surface area contributed by atoms with Crippen LogP contribution in [0.25, 0.3) is 0 Å². The number of rotatable bonds is 7. The first-order chi connectivity index (χ1) is 8.49. The molecule has 0 aromatic carbocycles. The molecule has 0 aliphatic carbocycles. The van der Waals surface area contributed by atoms with Crippen LogP contribution in [0.3, 0.4) is 0 Å². The molecule has 1 amide bonds. The first-order valence-electron chi connectivity index (χ1n) is 6.63. The van der Waals surface area contributed by atoms with Gasteiger partial charge in [-0.2, -0.15) is 5.10 Å². The van der Waals surface area contributed by atoms with Gasteiger partial charge in [0, 0.05) is 0 Å². The molecule has 1 aromatic heterocycles. The summed E-state index contributed by atoms with van der Waals surface area (Å²) < 4.78 is 1.72. The number of hydrogen-bond donors (Lipinski definition) is 2. The second-order valence-corrected chi connectivity index (χ2v) is 4.85. The fourth-order valence-corrected chi connectivity index (χ4v) is 2.19. The van der Waals surface area contributed by atoms with Gasteiger partial charge < -0.3 is 11.5 Å². The van der Waals surface area contributed by atoms with E-state index >= 15 is 0 Å². The molecule has 1 rings (SSSR count). The van der Waals surface area contributed by atoms with Crippen LogP contribution in [0.5, 0.6) is 0 Å². The van der Waals surface area contributed by atoms with E-state index in [1.54, 1.807) is 11.6 Å². The molecule has 0 fully saturated rings. The Hall–Kier alpha value is -1.52. The Morgan fingerprint density at radius 1 is 1.39 bits per heavy atom. The number of nitrogens with two attached hydrogens (primary N) is 2. The Kier molecular flexibility index (Phi) is 5.19. The van der Waals surface area contributed by atoms with Gasteiger partial charge in [0.1, 0.15) is 11.4 Å². The Morgan fingerprint density at radius 3 is 2.56 bits per heavy atom. The van der Waals surface area contributed by atoms with Gasteiger partial charge in [-0.25, -0.2) is 4.68 Å². The highest BCUT2D eigenvalue weighted by Gasteiger charge is 2.19. The van der Waals surface area contributed by atoms with Gasteiger partial charge in [0.05, 0.1) is 11.7 Å². The van der Waals surface area contributed by atoms with E-state index in [4.69, 9.17) is 11.5 Å². The van der Waals surface area contributed by atoms with Crippen molar-refractivity contribution in [1.82, 2.24) is 9.78 Å². The number of carbonyl (C=O) groups is 1. The van der Waals surface area contributed by atoms with Crippen molar-refractivity contribution in [2.45, 2.75) is 58.9 Å². The van der Waals surface area contributed by atoms with E-state index in [1.165, 1.54) is 19.3 Å². The molecule has 0 radical (unpaired) electrons. The van der Waals surface area contributed by atoms with E-state index in [2.05, 4.69) is 18.9 Å². The summed E-state index contributed by atoms with van der Waals surface area (Å²) in [7, 11) is 0. The fraction of sp³-hybridized carbons (Fsp3) is 0.692. The highest BCUT2D eigenvalue weighted by molar-refractivity contribution is 5.98. The van der Waals surface area contributed by atoms with Gasteiger partial charge in [-0.05, 0) is 20.3 Å². The average molecular weight is 252 g/mol. The monoisotopic (exact) mass is 252 g/mol. The molecule has 18 heavy (non-hydrogen) atoms. The van der Waals surface area contributed by atoms with E-state index < -0.39 is 5.91 Å². The molecular formula is C13H24N4O. The number of aryl methyl sites for hydroxylation is 1. The molecule has 1 unspecified atom stereocenters. The van der Waals surface area contributed by atoms with Crippen LogP contribution in [-0.2, 0) is 0 Å². The molecule has 102 valence electrons. The van der Waals surface area contributed by atoms with E-state index in [0.29, 0.717) is 17.1 Å². The van der Waals surface area contributed by atoms with Crippen LogP contribution < -0.4 is 11.5 Å². The molecule has 4 N–H and O–H groups in total. The topological polar surface area (TPSA) is 86.9 Å². The van der Waals surface area contributed by atoms with Gasteiger partial charge >= 0.3 is 0 Å². The lowest BCUT2D eigenvalue weighted by Crippen LogP contribution is -2.15. The third-order valence-electron chi connectivity index (χ3n) is 3.26. The third kappa shape index (κ3) is 3.24. The molecule has 1 atom stereocenters. The van der Waals surface area contributed by atoms with E-state index in [-0.39, 0.29) is 6.04 Å². The van der Waals surface area contributed by atoms with E-state index in [0.717, 1.165) is 12.8 Å². The summed E-state index contributed by atoms with van der Waals surface area (Å²) in [5.41, 5.74) is 12.2. The number of nitrogens with zero attached hydrogens (tertiary/aromatic N) is 2. The Morgan fingerprint density at radius 2 is 2.06 bits per heavy atom. The third-order valence-corrected chi connectivity index (χ3v) is 3.26. The average Bonchev–Trinajstić information content (AvgIpc) is 2.60. The Bertz CT molecular complexity index is 411. The fourth-order valence-electron chi connectivity index (χ4n) is 2.19. The molecule has 0 spiro atoms. The number of amides is 1. The predicted molar refractivity (Wildman–Crippen MR) is 73.4 cm³/mol. The van der Waals surface area contributed by atoms with E-state index in [9.17, 15) is 4.79 Å². The standard InChI is InChI=1S/C13H24N4O/c1-4-5-6-7-8-9(2)17-12(14)11(13(15)18)10(3)16-17/h9H,4-8,14H2,1-3H3,(H2,15,18). The minimum Gasteiger partial charge on any atom is -0.383 e. The number of unbranched alkanes of at least 4 members (excludes halogenated alkanes) is 3. The SMILES string of the molecule is CCCCCCC(C)n1nc(C)c(C(N)=O)c1N. The quantitative estimate of drug-likeness (QED) is 0.730. The van der Waals surface area contributed by atoms with Crippen molar-refractivity contribution in [1.29, 1.82) is 0 Å². The number of anilines is 1. The van der Waals surface area contributed by atoms with Gasteiger partial charge in [0.25, 0.3) is 5.91 Å². The van der Waals surface area contributed by atoms with Crippen LogP contribution in [0.15, 0.2) is 0 Å². The summed E-state index contributed by atoms with van der Waals surface area (Å²) in [6, 6.07) is 0.202. The van der Waals surface area contributed by atoms with Crippen LogP contribution in [0.1, 0.15) is 68.0 Å². The summed E-state index contributed by atoms with van der Waals surface area (Å²) in [5, 5.41) is 4.32. The zero-order valence-corrected chi connectivity index (χ0v) is 11.6. The summed E-state index contributed by atoms with van der Waals surface area (Å²) in [5.74, 6) is -0.113. The summed E-state index contributed by atoms with van der Waals surface area (Å²) in [4.78, 5) is 11.3. The van der Waals surface area contributed by atoms with Gasteiger partial charge in [0.2, 0.25) is 0 Å². The summed E-state index contributed by atoms with van der Waals surface area (Å²) in [6.07, 6.45) is 5.88. The molecule has 1 aromatic rings. The number of nitrogen functional groups attached to an aromatic ring is 1. The number of aromatic nitrogens is 2. The lowest BCUT2D eigenvalue weighted by Gasteiger charge is -2.13. The largest absolute Gasteiger partial charge is 0.383 e.